The summed E-state index contributed by atoms with van der Waals surface area (Å²) in [6, 6.07) is 0. The molecular weight excluding hydrogens is 188 g/mol. The third-order valence-corrected chi connectivity index (χ3v) is 2.31. The molecule has 0 saturated carbocycles. The Morgan fingerprint density at radius 3 is 2.54 bits per heavy atom. The normalized spacial score (nSPS) is 9.69. The zero-order chi connectivity index (χ0) is 10.1. The van der Waals surface area contributed by atoms with E-state index >= 15 is 0 Å². The van der Waals surface area contributed by atoms with E-state index in [0.29, 0.717) is 6.61 Å². The average Bonchev–Trinajstić information content (AvgIpc) is 2.05. The molecule has 0 aliphatic carbocycles. The Labute approximate surface area is 83.2 Å². The third kappa shape index (κ3) is 7.84. The molecule has 0 saturated heterocycles. The summed E-state index contributed by atoms with van der Waals surface area (Å²) < 4.78 is 4.65. The molecule has 0 aliphatic heterocycles. The van der Waals surface area contributed by atoms with Crippen LogP contribution in [-0.2, 0) is 14.3 Å². The minimum atomic E-state index is -0.420. The maximum absolute atomic E-state index is 11.1. The number of unbranched alkanes of at least 4 members (excludes halogenated alkanes) is 1. The number of ether oxygens (including phenoxy) is 1. The Kier molecular flexibility index (Phi) is 7.79. The van der Waals surface area contributed by atoms with Crippen LogP contribution >= 0.6 is 11.8 Å². The van der Waals surface area contributed by atoms with Crippen LogP contribution in [0.4, 0.5) is 0 Å². The van der Waals surface area contributed by atoms with E-state index in [0.717, 1.165) is 18.6 Å². The van der Waals surface area contributed by atoms with Crippen LogP contribution in [0.3, 0.4) is 0 Å². The van der Waals surface area contributed by atoms with Crippen molar-refractivity contribution in [2.75, 3.05) is 12.4 Å². The van der Waals surface area contributed by atoms with Crippen LogP contribution in [0.1, 0.15) is 33.1 Å². The fourth-order valence-electron chi connectivity index (χ4n) is 0.711. The van der Waals surface area contributed by atoms with Gasteiger partial charge in [-0.15, -0.1) is 0 Å². The summed E-state index contributed by atoms with van der Waals surface area (Å²) in [6.07, 6.45) is 1.99. The fraction of sp³-hybridized carbons (Fsp3) is 0.778. The molecule has 0 aromatic heterocycles. The van der Waals surface area contributed by atoms with Crippen LogP contribution in [0.15, 0.2) is 0 Å². The van der Waals surface area contributed by atoms with Crippen molar-refractivity contribution in [3.05, 3.63) is 0 Å². The van der Waals surface area contributed by atoms with Gasteiger partial charge < -0.3 is 4.74 Å². The van der Waals surface area contributed by atoms with Gasteiger partial charge in [0.05, 0.1) is 6.61 Å². The van der Waals surface area contributed by atoms with Crippen molar-refractivity contribution in [2.24, 2.45) is 0 Å². The fourth-order valence-corrected chi connectivity index (χ4v) is 1.59. The highest BCUT2D eigenvalue weighted by atomic mass is 32.2. The van der Waals surface area contributed by atoms with E-state index in [1.807, 2.05) is 0 Å². The molecule has 0 bridgehead atoms. The van der Waals surface area contributed by atoms with Gasteiger partial charge in [0.1, 0.15) is 6.42 Å². The number of thioether (sulfide) groups is 1. The van der Waals surface area contributed by atoms with E-state index in [2.05, 4.69) is 11.7 Å². The summed E-state index contributed by atoms with van der Waals surface area (Å²) >= 11 is 1.22. The van der Waals surface area contributed by atoms with Crippen LogP contribution in [0.2, 0.25) is 0 Å². The van der Waals surface area contributed by atoms with Gasteiger partial charge in [-0.3, -0.25) is 9.59 Å². The molecule has 0 N–H and O–H groups in total. The topological polar surface area (TPSA) is 43.4 Å². The van der Waals surface area contributed by atoms with E-state index in [4.69, 9.17) is 0 Å². The Morgan fingerprint density at radius 2 is 2.00 bits per heavy atom. The van der Waals surface area contributed by atoms with Crippen molar-refractivity contribution >= 4 is 22.8 Å². The van der Waals surface area contributed by atoms with E-state index in [-0.39, 0.29) is 11.5 Å². The summed E-state index contributed by atoms with van der Waals surface area (Å²) in [5, 5.41) is -0.0908. The predicted octanol–water partition coefficient (Wildman–Crippen LogP) is 2.00. The van der Waals surface area contributed by atoms with Crippen molar-refractivity contribution in [2.45, 2.75) is 33.1 Å². The van der Waals surface area contributed by atoms with Crippen molar-refractivity contribution in [1.29, 1.82) is 0 Å². The third-order valence-electron chi connectivity index (χ3n) is 1.35. The second kappa shape index (κ2) is 8.10. The van der Waals surface area contributed by atoms with Gasteiger partial charge in [-0.1, -0.05) is 25.1 Å². The lowest BCUT2D eigenvalue weighted by atomic mass is 10.4. The Bertz CT molecular complexity index is 168. The average molecular weight is 204 g/mol. The van der Waals surface area contributed by atoms with Gasteiger partial charge in [-0.05, 0) is 13.3 Å². The minimum absolute atomic E-state index is 0.0908. The molecule has 0 radical (unpaired) electrons. The van der Waals surface area contributed by atoms with Crippen LogP contribution in [0.5, 0.6) is 0 Å². The molecular formula is C9H16O3S. The van der Waals surface area contributed by atoms with E-state index < -0.39 is 5.97 Å². The van der Waals surface area contributed by atoms with E-state index in [1.165, 1.54) is 11.8 Å². The number of hydrogen-bond donors (Lipinski definition) is 0. The van der Waals surface area contributed by atoms with Crippen molar-refractivity contribution in [1.82, 2.24) is 0 Å². The molecule has 0 aliphatic rings. The SMILES string of the molecule is CCCCSC(=O)CC(=O)OCC. The zero-order valence-electron chi connectivity index (χ0n) is 8.17. The lowest BCUT2D eigenvalue weighted by Crippen LogP contribution is -2.08. The highest BCUT2D eigenvalue weighted by molar-refractivity contribution is 8.13. The van der Waals surface area contributed by atoms with Crippen molar-refractivity contribution in [3.8, 4) is 0 Å². The molecule has 0 unspecified atom stereocenters. The number of carbonyl (C=O) groups excluding carboxylic acids is 2. The Morgan fingerprint density at radius 1 is 1.31 bits per heavy atom. The number of rotatable bonds is 6. The minimum Gasteiger partial charge on any atom is -0.466 e. The van der Waals surface area contributed by atoms with Crippen LogP contribution in [-0.4, -0.2) is 23.4 Å². The van der Waals surface area contributed by atoms with Crippen LogP contribution in [0.25, 0.3) is 0 Å². The second-order valence-corrected chi connectivity index (χ2v) is 3.71. The molecule has 0 aromatic rings. The molecule has 13 heavy (non-hydrogen) atoms. The first-order valence-electron chi connectivity index (χ1n) is 4.52. The molecule has 0 rings (SSSR count). The summed E-state index contributed by atoms with van der Waals surface area (Å²) in [5.41, 5.74) is 0. The maximum Gasteiger partial charge on any atom is 0.314 e. The van der Waals surface area contributed by atoms with Gasteiger partial charge in [0.25, 0.3) is 0 Å². The van der Waals surface area contributed by atoms with Crippen molar-refractivity contribution in [3.63, 3.8) is 0 Å². The quantitative estimate of drug-likeness (QED) is 0.377. The first-order valence-corrected chi connectivity index (χ1v) is 5.50. The molecule has 3 nitrogen and oxygen atoms in total. The number of hydrogen-bond acceptors (Lipinski definition) is 4. The van der Waals surface area contributed by atoms with Crippen LogP contribution in [0, 0.1) is 0 Å². The van der Waals surface area contributed by atoms with E-state index in [9.17, 15) is 9.59 Å². The van der Waals surface area contributed by atoms with Gasteiger partial charge in [0.15, 0.2) is 5.12 Å². The lowest BCUT2D eigenvalue weighted by molar-refractivity contribution is -0.144. The highest BCUT2D eigenvalue weighted by Gasteiger charge is 2.09. The number of esters is 1. The van der Waals surface area contributed by atoms with Gasteiger partial charge in [-0.2, -0.15) is 0 Å². The van der Waals surface area contributed by atoms with Gasteiger partial charge >= 0.3 is 5.97 Å². The summed E-state index contributed by atoms with van der Waals surface area (Å²) in [6.45, 7) is 4.13. The Hall–Kier alpha value is -0.510. The molecule has 0 amide bonds. The molecule has 0 fully saturated rings. The van der Waals surface area contributed by atoms with E-state index in [1.54, 1.807) is 6.92 Å². The molecule has 76 valence electrons. The zero-order valence-corrected chi connectivity index (χ0v) is 8.99. The smallest absolute Gasteiger partial charge is 0.314 e. The number of carbonyl (C=O) groups is 2. The summed E-state index contributed by atoms with van der Waals surface area (Å²) in [5.74, 6) is 0.380. The lowest BCUT2D eigenvalue weighted by Gasteiger charge is -2.00. The highest BCUT2D eigenvalue weighted by Crippen LogP contribution is 2.08. The van der Waals surface area contributed by atoms with Gasteiger partial charge in [0, 0.05) is 5.75 Å². The summed E-state index contributed by atoms with van der Waals surface area (Å²) in [7, 11) is 0. The summed E-state index contributed by atoms with van der Waals surface area (Å²) in [4.78, 5) is 21.9. The first kappa shape index (κ1) is 12.5. The van der Waals surface area contributed by atoms with Crippen LogP contribution < -0.4 is 0 Å². The monoisotopic (exact) mass is 204 g/mol. The van der Waals surface area contributed by atoms with Gasteiger partial charge in [-0.25, -0.2) is 0 Å². The Balaban J connectivity index is 3.44. The first-order chi connectivity index (χ1) is 6.20. The molecule has 4 heteroatoms. The largest absolute Gasteiger partial charge is 0.466 e. The maximum atomic E-state index is 11.1. The molecule has 0 spiro atoms. The molecule has 0 atom stereocenters. The molecule has 0 aromatic carbocycles. The predicted molar refractivity (Wildman–Crippen MR) is 53.6 cm³/mol. The molecule has 0 heterocycles. The van der Waals surface area contributed by atoms with Gasteiger partial charge in [0.2, 0.25) is 0 Å². The standard InChI is InChI=1S/C9H16O3S/c1-3-5-6-13-9(11)7-8(10)12-4-2/h3-7H2,1-2H3. The van der Waals surface area contributed by atoms with Crippen molar-refractivity contribution < 1.29 is 14.3 Å². The second-order valence-electron chi connectivity index (χ2n) is 2.56.